The van der Waals surface area contributed by atoms with Crippen LogP contribution in [0.2, 0.25) is 0 Å². The van der Waals surface area contributed by atoms with Gasteiger partial charge in [-0.05, 0) is 125 Å². The predicted octanol–water partition coefficient (Wildman–Crippen LogP) is 19.9. The van der Waals surface area contributed by atoms with Crippen molar-refractivity contribution in [1.29, 1.82) is 0 Å². The molecule has 8 aromatic carbocycles. The van der Waals surface area contributed by atoms with Crippen LogP contribution in [0.15, 0.2) is 299 Å². The third-order valence-corrected chi connectivity index (χ3v) is 19.5. The highest BCUT2D eigenvalue weighted by Crippen LogP contribution is 2.59. The number of oxazole rings is 2. The molecular weight excluding hydrogens is 1070 g/mol. The highest BCUT2D eigenvalue weighted by Gasteiger charge is 2.49. The van der Waals surface area contributed by atoms with E-state index in [1.54, 1.807) is 0 Å². The highest BCUT2D eigenvalue weighted by molar-refractivity contribution is 6.13. The highest BCUT2D eigenvalue weighted by atomic mass is 16.4. The molecule has 7 aliphatic rings. The van der Waals surface area contributed by atoms with Crippen molar-refractivity contribution in [2.24, 2.45) is 0 Å². The summed E-state index contributed by atoms with van der Waals surface area (Å²) in [6.45, 7) is 0. The van der Waals surface area contributed by atoms with Crippen LogP contribution < -0.4 is 9.80 Å². The smallest absolute Gasteiger partial charge is 0.223 e. The van der Waals surface area contributed by atoms with Crippen LogP contribution in [0, 0.1) is 0 Å². The Balaban J connectivity index is 0.796. The lowest BCUT2D eigenvalue weighted by molar-refractivity contribution is 0.578. The van der Waals surface area contributed by atoms with E-state index in [0.717, 1.165) is 107 Å². The van der Waals surface area contributed by atoms with E-state index in [-0.39, 0.29) is 12.1 Å². The van der Waals surface area contributed by atoms with E-state index in [9.17, 15) is 0 Å². The van der Waals surface area contributed by atoms with Gasteiger partial charge in [0.25, 0.3) is 0 Å². The minimum absolute atomic E-state index is 0.000658. The average molecular weight is 1140 g/mol. The molecule has 0 radical (unpaired) electrons. The van der Waals surface area contributed by atoms with Crippen LogP contribution in [0.1, 0.15) is 113 Å². The van der Waals surface area contributed by atoms with Gasteiger partial charge in [-0.3, -0.25) is 0 Å². The minimum atomic E-state index is -0.540. The van der Waals surface area contributed by atoms with Gasteiger partial charge in [-0.2, -0.15) is 0 Å². The maximum absolute atomic E-state index is 7.26. The Kier molecular flexibility index (Phi) is 12.6. The maximum Gasteiger partial charge on any atom is 0.223 e. The second kappa shape index (κ2) is 21.3. The number of benzene rings is 8. The Hall–Kier alpha value is -10.3. The minimum Gasteiger partial charge on any atom is -0.436 e. The molecule has 0 N–H and O–H groups in total. The fourth-order valence-electron chi connectivity index (χ4n) is 15.8. The molecule has 0 amide bonds. The van der Waals surface area contributed by atoms with Gasteiger partial charge in [0.05, 0.1) is 34.0 Å². The molecule has 0 saturated carbocycles. The van der Waals surface area contributed by atoms with Crippen molar-refractivity contribution < 1.29 is 8.83 Å². The molecule has 5 aliphatic carbocycles. The zero-order valence-corrected chi connectivity index (χ0v) is 49.0. The summed E-state index contributed by atoms with van der Waals surface area (Å²) in [6.07, 6.45) is 39.1. The fourth-order valence-corrected chi connectivity index (χ4v) is 15.8. The van der Waals surface area contributed by atoms with Crippen molar-refractivity contribution >= 4 is 61.6 Å². The van der Waals surface area contributed by atoms with Gasteiger partial charge in [0, 0.05) is 33.9 Å². The molecule has 10 aromatic rings. The number of nitrogens with zero attached hydrogens (tertiary/aromatic N) is 4. The molecule has 6 heteroatoms. The van der Waals surface area contributed by atoms with Crippen LogP contribution in [0.5, 0.6) is 0 Å². The van der Waals surface area contributed by atoms with E-state index in [2.05, 4.69) is 289 Å². The van der Waals surface area contributed by atoms with Gasteiger partial charge in [-0.25, -0.2) is 9.97 Å². The lowest BCUT2D eigenvalue weighted by Gasteiger charge is -2.50. The molecule has 88 heavy (non-hydrogen) atoms. The zero-order valence-electron chi connectivity index (χ0n) is 49.0. The fraction of sp³-hybridized carbons (Fsp3) is 0.146. The summed E-state index contributed by atoms with van der Waals surface area (Å²) in [7, 11) is 0. The number of aromatic nitrogens is 2. The Morgan fingerprint density at radius 3 is 1.23 bits per heavy atom. The molecule has 2 atom stereocenters. The van der Waals surface area contributed by atoms with Crippen molar-refractivity contribution in [3.63, 3.8) is 0 Å². The number of anilines is 3. The molecule has 0 fully saturated rings. The zero-order chi connectivity index (χ0) is 58.2. The van der Waals surface area contributed by atoms with Gasteiger partial charge in [0.15, 0.2) is 11.2 Å². The number of hydrogen-bond donors (Lipinski definition) is 0. The van der Waals surface area contributed by atoms with E-state index in [0.29, 0.717) is 11.8 Å². The van der Waals surface area contributed by atoms with Crippen LogP contribution in [0.3, 0.4) is 0 Å². The molecule has 0 spiro atoms. The van der Waals surface area contributed by atoms with Crippen LogP contribution in [-0.4, -0.2) is 22.1 Å². The van der Waals surface area contributed by atoms with E-state index in [1.807, 2.05) is 0 Å². The molecule has 2 aromatic heterocycles. The molecule has 424 valence electrons. The summed E-state index contributed by atoms with van der Waals surface area (Å²) >= 11 is 0. The summed E-state index contributed by atoms with van der Waals surface area (Å²) in [5.41, 5.74) is 23.3. The second-order valence-electron chi connectivity index (χ2n) is 24.2. The standard InChI is InChI=1S/C82H64N4O2/c1-7-27-57(28-8-1)79-83-75-73(55-47-51-63(52-48-55)85-69-43-23-19-39-65(69)81(59-31-11-3-12-32-59,60-33-13-4-14-34-60)66-40-20-24-44-70(66)85)78-76(84-80(88-78)58-29-9-2-10-30-58)74(77(75)87-79)56-49-53-64(54-50-56)86-71-45-25-21-41-67(71)82(61-35-15-5-16-36-61,62-37-17-6-18-38-62)68-42-22-26-46-72(68)86/h1-7,9,11-25,27,29,31-45,47-51,53,63-64H,8,10,26,28,30,46,52,54H2. The molecule has 6 nitrogen and oxygen atoms in total. The molecule has 2 unspecified atom stereocenters. The van der Waals surface area contributed by atoms with E-state index >= 15 is 0 Å². The van der Waals surface area contributed by atoms with Crippen molar-refractivity contribution in [2.75, 3.05) is 9.80 Å². The third kappa shape index (κ3) is 8.01. The number of rotatable bonds is 10. The second-order valence-corrected chi connectivity index (χ2v) is 24.2. The number of hydrogen-bond acceptors (Lipinski definition) is 6. The summed E-state index contributed by atoms with van der Waals surface area (Å²) in [4.78, 5) is 16.4. The quantitative estimate of drug-likeness (QED) is 0.136. The summed E-state index contributed by atoms with van der Waals surface area (Å²) in [5.74, 6) is 1.28. The summed E-state index contributed by atoms with van der Waals surface area (Å²) in [6, 6.07) is 71.7. The Morgan fingerprint density at radius 1 is 0.398 bits per heavy atom. The average Bonchev–Trinajstić information content (AvgIpc) is 0.955. The van der Waals surface area contributed by atoms with Crippen molar-refractivity contribution in [3.05, 3.63) is 352 Å². The first-order valence-electron chi connectivity index (χ1n) is 31.4. The van der Waals surface area contributed by atoms with Gasteiger partial charge < -0.3 is 18.6 Å². The lowest BCUT2D eigenvalue weighted by Crippen LogP contribution is -2.45. The van der Waals surface area contributed by atoms with Crippen LogP contribution in [-0.2, 0) is 10.8 Å². The molecule has 4 heterocycles. The van der Waals surface area contributed by atoms with Crippen molar-refractivity contribution in [2.45, 2.75) is 74.3 Å². The summed E-state index contributed by atoms with van der Waals surface area (Å²) < 4.78 is 14.5. The van der Waals surface area contributed by atoms with Crippen LogP contribution in [0.4, 0.5) is 17.1 Å². The predicted molar refractivity (Wildman–Crippen MR) is 359 cm³/mol. The molecule has 2 aliphatic heterocycles. The lowest BCUT2D eigenvalue weighted by atomic mass is 9.61. The van der Waals surface area contributed by atoms with Gasteiger partial charge in [0.2, 0.25) is 11.8 Å². The van der Waals surface area contributed by atoms with Crippen molar-refractivity contribution in [1.82, 2.24) is 9.97 Å². The Labute approximate surface area is 513 Å². The molecule has 0 bridgehead atoms. The van der Waals surface area contributed by atoms with Gasteiger partial charge >= 0.3 is 0 Å². The van der Waals surface area contributed by atoms with Gasteiger partial charge in [0.1, 0.15) is 11.0 Å². The molecule has 0 saturated heterocycles. The van der Waals surface area contributed by atoms with E-state index in [1.165, 1.54) is 67.3 Å². The number of fused-ring (bicyclic) bond motifs is 5. The monoisotopic (exact) mass is 1140 g/mol. The van der Waals surface area contributed by atoms with Crippen LogP contribution in [0.25, 0.3) is 44.5 Å². The Morgan fingerprint density at radius 2 is 0.795 bits per heavy atom. The number of allylic oxidation sites excluding steroid dienone is 16. The molecule has 17 rings (SSSR count). The maximum atomic E-state index is 7.26. The molecular formula is C82H64N4O2. The SMILES string of the molecule is C1=CCCC(c2nc3c(C4=CCC(N5c6ccccc6C(c6ccccc6)(c6ccccc6)c6ccccc65)C=C4)c4oc(C5=CC=CCC5)nc4c(C4=CCC(N5C6=C(C=CCC6)C(c6ccccc6)(c6ccccc6)c6ccccc65)C=C4)c3o2)=C1. The first-order valence-corrected chi connectivity index (χ1v) is 31.4. The number of para-hydroxylation sites is 3. The van der Waals surface area contributed by atoms with E-state index < -0.39 is 10.8 Å². The normalized spacial score (nSPS) is 19.6. The summed E-state index contributed by atoms with van der Waals surface area (Å²) in [5, 5.41) is 0. The van der Waals surface area contributed by atoms with Gasteiger partial charge in [-0.1, -0.05) is 261 Å². The third-order valence-electron chi connectivity index (χ3n) is 19.5. The Bertz CT molecular complexity index is 4540. The first-order chi connectivity index (χ1) is 43.7. The largest absolute Gasteiger partial charge is 0.436 e. The topological polar surface area (TPSA) is 58.5 Å². The van der Waals surface area contributed by atoms with E-state index in [4.69, 9.17) is 18.8 Å². The van der Waals surface area contributed by atoms with Gasteiger partial charge in [-0.15, -0.1) is 0 Å². The van der Waals surface area contributed by atoms with Crippen molar-refractivity contribution in [3.8, 4) is 0 Å². The first kappa shape index (κ1) is 52.1. The van der Waals surface area contributed by atoms with Crippen LogP contribution >= 0.6 is 0 Å².